The molecule has 1 heterocycles. The molecule has 11 heteroatoms. The van der Waals surface area contributed by atoms with Crippen molar-refractivity contribution >= 4 is 37.4 Å². The van der Waals surface area contributed by atoms with Crippen LogP contribution in [0.1, 0.15) is 26.7 Å². The van der Waals surface area contributed by atoms with Crippen molar-refractivity contribution in [2.75, 3.05) is 25.4 Å². The molecule has 1 amide bonds. The first kappa shape index (κ1) is 23.1. The fraction of sp³-hybridized carbons (Fsp3) is 0.588. The number of likely N-dealkylation sites (tertiary alicyclic amines) is 1. The van der Waals surface area contributed by atoms with E-state index in [1.54, 1.807) is 0 Å². The first-order valence-corrected chi connectivity index (χ1v) is 12.4. The molecule has 2 rings (SSSR count). The summed E-state index contributed by atoms with van der Waals surface area (Å²) in [6.07, 6.45) is 0.669. The van der Waals surface area contributed by atoms with Crippen LogP contribution in [0.2, 0.25) is 5.02 Å². The van der Waals surface area contributed by atoms with Crippen molar-refractivity contribution in [2.24, 2.45) is 5.92 Å². The van der Waals surface area contributed by atoms with Crippen LogP contribution in [0, 0.1) is 11.7 Å². The van der Waals surface area contributed by atoms with E-state index in [1.165, 1.54) is 4.90 Å². The molecule has 0 aromatic heterocycles. The van der Waals surface area contributed by atoms with E-state index in [9.17, 15) is 26.0 Å². The summed E-state index contributed by atoms with van der Waals surface area (Å²) in [6.45, 7) is 3.73. The summed E-state index contributed by atoms with van der Waals surface area (Å²) >= 11 is 5.59. The Bertz CT molecular complexity index is 927. The lowest BCUT2D eigenvalue weighted by molar-refractivity contribution is -0.130. The Kier molecular flexibility index (Phi) is 7.46. The van der Waals surface area contributed by atoms with Crippen molar-refractivity contribution < 1.29 is 26.0 Å². The molecule has 28 heavy (non-hydrogen) atoms. The molecule has 0 spiro atoms. The van der Waals surface area contributed by atoms with Crippen LogP contribution < -0.4 is 4.72 Å². The number of hydrogen-bond donors (Lipinski definition) is 1. The maximum Gasteiger partial charge on any atom is 0.241 e. The highest BCUT2D eigenvalue weighted by Crippen LogP contribution is 2.21. The predicted molar refractivity (Wildman–Crippen MR) is 105 cm³/mol. The third-order valence-corrected chi connectivity index (χ3v) is 8.79. The molecule has 0 saturated carbocycles. The lowest BCUT2D eigenvalue weighted by Gasteiger charge is -2.32. The van der Waals surface area contributed by atoms with Crippen LogP contribution in [-0.2, 0) is 24.7 Å². The van der Waals surface area contributed by atoms with Crippen molar-refractivity contribution in [3.8, 4) is 0 Å². The quantitative estimate of drug-likeness (QED) is 0.677. The predicted octanol–water partition coefficient (Wildman–Crippen LogP) is 1.82. The number of benzene rings is 1. The van der Waals surface area contributed by atoms with E-state index in [0.29, 0.717) is 12.8 Å². The van der Waals surface area contributed by atoms with Crippen LogP contribution in [0.4, 0.5) is 4.39 Å². The monoisotopic (exact) mass is 454 g/mol. The van der Waals surface area contributed by atoms with Gasteiger partial charge in [0.15, 0.2) is 9.84 Å². The first-order chi connectivity index (χ1) is 12.9. The van der Waals surface area contributed by atoms with Crippen molar-refractivity contribution in [2.45, 2.75) is 36.8 Å². The molecule has 1 aromatic rings. The second-order valence-electron chi connectivity index (χ2n) is 7.20. The number of carbonyl (C=O) groups excluding carboxylic acids is 1. The molecule has 1 aromatic carbocycles. The Morgan fingerprint density at radius 1 is 1.25 bits per heavy atom. The molecule has 0 unspecified atom stereocenters. The minimum atomic E-state index is -4.03. The number of rotatable bonds is 7. The second kappa shape index (κ2) is 9.06. The third-order valence-electron chi connectivity index (χ3n) is 4.48. The highest BCUT2D eigenvalue weighted by Gasteiger charge is 2.32. The smallest absolute Gasteiger partial charge is 0.241 e. The molecule has 1 aliphatic heterocycles. The Morgan fingerprint density at radius 3 is 2.39 bits per heavy atom. The van der Waals surface area contributed by atoms with Gasteiger partial charge in [0.2, 0.25) is 15.9 Å². The zero-order valence-corrected chi connectivity index (χ0v) is 18.1. The van der Waals surface area contributed by atoms with Crippen molar-refractivity contribution in [3.63, 3.8) is 0 Å². The topological polar surface area (TPSA) is 101 Å². The lowest BCUT2D eigenvalue weighted by atomic mass is 10.1. The summed E-state index contributed by atoms with van der Waals surface area (Å²) in [5.74, 6) is -1.03. The van der Waals surface area contributed by atoms with Gasteiger partial charge in [0.25, 0.3) is 0 Å². The van der Waals surface area contributed by atoms with Gasteiger partial charge in [-0.3, -0.25) is 4.79 Å². The molecule has 0 atom stereocenters. The summed E-state index contributed by atoms with van der Waals surface area (Å²) < 4.78 is 64.4. The summed E-state index contributed by atoms with van der Waals surface area (Å²) in [4.78, 5) is 13.5. The highest BCUT2D eigenvalue weighted by atomic mass is 35.5. The fourth-order valence-corrected chi connectivity index (χ4v) is 6.44. The van der Waals surface area contributed by atoms with Gasteiger partial charge in [-0.15, -0.1) is 0 Å². The second-order valence-corrected chi connectivity index (χ2v) is 11.7. The number of piperidine rings is 1. The molecular formula is C17H24ClFN2O5S2. The van der Waals surface area contributed by atoms with Crippen LogP contribution >= 0.6 is 11.6 Å². The molecule has 1 fully saturated rings. The molecule has 1 saturated heterocycles. The summed E-state index contributed by atoms with van der Waals surface area (Å²) in [5, 5.41) is -0.809. The van der Waals surface area contributed by atoms with E-state index in [0.717, 1.165) is 18.2 Å². The number of sulfone groups is 1. The van der Waals surface area contributed by atoms with E-state index < -0.39 is 43.4 Å². The Morgan fingerprint density at radius 2 is 1.86 bits per heavy atom. The first-order valence-electron chi connectivity index (χ1n) is 8.86. The molecule has 1 N–H and O–H groups in total. The van der Waals surface area contributed by atoms with E-state index in [1.807, 2.05) is 13.8 Å². The standard InChI is InChI=1S/C17H24ClFN2O5S2/c1-12(2)11-27(23,24)13-5-7-21(8-6-13)17(22)10-20-28(25,26)14-3-4-16(19)15(18)9-14/h3-4,9,12-13,20H,5-8,10-11H2,1-2H3. The number of sulfonamides is 1. The number of nitrogens with one attached hydrogen (secondary N) is 1. The molecule has 158 valence electrons. The van der Waals surface area contributed by atoms with E-state index in [4.69, 9.17) is 11.6 Å². The van der Waals surface area contributed by atoms with Gasteiger partial charge in [-0.25, -0.2) is 25.9 Å². The number of carbonyl (C=O) groups is 1. The third kappa shape index (κ3) is 5.88. The normalized spacial score (nSPS) is 16.5. The number of hydrogen-bond acceptors (Lipinski definition) is 5. The van der Waals surface area contributed by atoms with Crippen LogP contribution in [-0.4, -0.2) is 58.3 Å². The van der Waals surface area contributed by atoms with Gasteiger partial charge in [-0.1, -0.05) is 25.4 Å². The summed E-state index contributed by atoms with van der Waals surface area (Å²) in [7, 11) is -7.23. The van der Waals surface area contributed by atoms with Gasteiger partial charge in [0, 0.05) is 13.1 Å². The molecular weight excluding hydrogens is 431 g/mol. The Labute approximate surface area is 170 Å². The molecule has 1 aliphatic rings. The van der Waals surface area contributed by atoms with E-state index in [2.05, 4.69) is 4.72 Å². The molecule has 0 bridgehead atoms. The van der Waals surface area contributed by atoms with Gasteiger partial charge >= 0.3 is 0 Å². The molecule has 7 nitrogen and oxygen atoms in total. The molecule has 0 radical (unpaired) electrons. The number of amides is 1. The summed E-state index contributed by atoms with van der Waals surface area (Å²) in [5.41, 5.74) is 0. The minimum Gasteiger partial charge on any atom is -0.341 e. The van der Waals surface area contributed by atoms with Crippen LogP contribution in [0.5, 0.6) is 0 Å². The zero-order valence-electron chi connectivity index (χ0n) is 15.7. The Balaban J connectivity index is 1.91. The average molecular weight is 455 g/mol. The largest absolute Gasteiger partial charge is 0.341 e. The minimum absolute atomic E-state index is 0.0408. The maximum atomic E-state index is 13.2. The van der Waals surface area contributed by atoms with Crippen molar-refractivity contribution in [1.29, 1.82) is 0 Å². The van der Waals surface area contributed by atoms with Gasteiger partial charge in [0.05, 0.1) is 27.5 Å². The van der Waals surface area contributed by atoms with Crippen LogP contribution in [0.25, 0.3) is 0 Å². The summed E-state index contributed by atoms with van der Waals surface area (Å²) in [6, 6.07) is 2.95. The molecule has 0 aliphatic carbocycles. The maximum absolute atomic E-state index is 13.2. The van der Waals surface area contributed by atoms with Gasteiger partial charge in [-0.05, 0) is 37.0 Å². The van der Waals surface area contributed by atoms with Gasteiger partial charge < -0.3 is 4.90 Å². The lowest BCUT2D eigenvalue weighted by Crippen LogP contribution is -2.46. The van der Waals surface area contributed by atoms with Gasteiger partial charge in [0.1, 0.15) is 5.82 Å². The van der Waals surface area contributed by atoms with Crippen molar-refractivity contribution in [1.82, 2.24) is 9.62 Å². The number of halogens is 2. The van der Waals surface area contributed by atoms with Crippen molar-refractivity contribution in [3.05, 3.63) is 29.0 Å². The zero-order chi connectivity index (χ0) is 21.1. The highest BCUT2D eigenvalue weighted by molar-refractivity contribution is 7.92. The van der Waals surface area contributed by atoms with E-state index in [-0.39, 0.29) is 34.7 Å². The Hall–Kier alpha value is -1.23. The van der Waals surface area contributed by atoms with Crippen LogP contribution in [0.3, 0.4) is 0 Å². The number of nitrogens with zero attached hydrogens (tertiary/aromatic N) is 1. The average Bonchev–Trinajstić information content (AvgIpc) is 2.61. The SMILES string of the molecule is CC(C)CS(=O)(=O)C1CCN(C(=O)CNS(=O)(=O)c2ccc(F)c(Cl)c2)CC1. The van der Waals surface area contributed by atoms with Gasteiger partial charge in [-0.2, -0.15) is 0 Å². The fourth-order valence-electron chi connectivity index (χ4n) is 3.06. The van der Waals surface area contributed by atoms with E-state index >= 15 is 0 Å². The van der Waals surface area contributed by atoms with Crippen LogP contribution in [0.15, 0.2) is 23.1 Å².